The number of methoxy groups -OCH3 is 1. The van der Waals surface area contributed by atoms with Crippen molar-refractivity contribution in [3.8, 4) is 17.6 Å². The lowest BCUT2D eigenvalue weighted by atomic mass is 10.1. The zero-order chi connectivity index (χ0) is 20.7. The van der Waals surface area contributed by atoms with Crippen LogP contribution in [0.25, 0.3) is 11.3 Å². The standard InChI is InChI=1S/C27H26OSi/c1-28-26-16-10-15-25(21-26)27(29(2,3)4)20-19-24-14-9-8-13-23(24)18-17-22-11-6-5-7-12-22/h5-16,19,21H,1-4H3. The summed E-state index contributed by atoms with van der Waals surface area (Å²) in [6, 6.07) is 26.5. The maximum Gasteiger partial charge on any atom is 0.119 e. The molecule has 1 nitrogen and oxygen atoms in total. The number of ether oxygens (including phenoxy) is 1. The largest absolute Gasteiger partial charge is 0.497 e. The van der Waals surface area contributed by atoms with Crippen LogP contribution >= 0.6 is 0 Å². The average Bonchev–Trinajstić information content (AvgIpc) is 2.73. The third-order valence-corrected chi connectivity index (χ3v) is 6.49. The van der Waals surface area contributed by atoms with E-state index in [0.717, 1.165) is 22.4 Å². The number of rotatable bonds is 4. The molecule has 0 amide bonds. The molecule has 0 saturated carbocycles. The summed E-state index contributed by atoms with van der Waals surface area (Å²) in [5.41, 5.74) is 7.88. The summed E-state index contributed by atoms with van der Waals surface area (Å²) >= 11 is 0. The van der Waals surface area contributed by atoms with Gasteiger partial charge in [-0.15, -0.1) is 5.73 Å². The van der Waals surface area contributed by atoms with Crippen molar-refractivity contribution in [2.45, 2.75) is 19.6 Å². The molecule has 0 heterocycles. The molecule has 0 radical (unpaired) electrons. The highest BCUT2D eigenvalue weighted by Crippen LogP contribution is 2.28. The Labute approximate surface area is 175 Å². The second-order valence-electron chi connectivity index (χ2n) is 7.85. The van der Waals surface area contributed by atoms with Crippen LogP contribution < -0.4 is 4.74 Å². The van der Waals surface area contributed by atoms with Crippen LogP contribution in [-0.2, 0) is 0 Å². The second kappa shape index (κ2) is 9.30. The molecule has 3 aromatic carbocycles. The van der Waals surface area contributed by atoms with Crippen LogP contribution in [0.15, 0.2) is 84.6 Å². The van der Waals surface area contributed by atoms with E-state index in [1.807, 2.05) is 54.6 Å². The predicted molar refractivity (Wildman–Crippen MR) is 127 cm³/mol. The summed E-state index contributed by atoms with van der Waals surface area (Å²) in [6.07, 6.45) is 2.07. The summed E-state index contributed by atoms with van der Waals surface area (Å²) in [7, 11) is 0.0801. The molecule has 144 valence electrons. The van der Waals surface area contributed by atoms with Crippen molar-refractivity contribution in [2.75, 3.05) is 7.11 Å². The molecule has 3 aromatic rings. The van der Waals surface area contributed by atoms with E-state index in [0.29, 0.717) is 0 Å². The van der Waals surface area contributed by atoms with Crippen molar-refractivity contribution in [2.24, 2.45) is 0 Å². The third kappa shape index (κ3) is 5.62. The Morgan fingerprint density at radius 3 is 2.28 bits per heavy atom. The van der Waals surface area contributed by atoms with Crippen LogP contribution in [0.2, 0.25) is 19.6 Å². The Kier molecular flexibility index (Phi) is 6.57. The molecule has 0 aliphatic heterocycles. The van der Waals surface area contributed by atoms with Crippen LogP contribution in [0.5, 0.6) is 5.75 Å². The number of hydrogen-bond acceptors (Lipinski definition) is 1. The lowest BCUT2D eigenvalue weighted by Crippen LogP contribution is -2.22. The zero-order valence-corrected chi connectivity index (χ0v) is 18.5. The molecule has 2 heteroatoms. The van der Waals surface area contributed by atoms with Crippen molar-refractivity contribution in [3.63, 3.8) is 0 Å². The van der Waals surface area contributed by atoms with Gasteiger partial charge in [0.1, 0.15) is 5.75 Å². The van der Waals surface area contributed by atoms with Crippen LogP contribution in [0, 0.1) is 11.8 Å². The first-order valence-corrected chi connectivity index (χ1v) is 13.2. The fraction of sp³-hybridized carbons (Fsp3) is 0.148. The van der Waals surface area contributed by atoms with Gasteiger partial charge in [-0.05, 0) is 52.7 Å². The van der Waals surface area contributed by atoms with E-state index in [9.17, 15) is 0 Å². The molecule has 0 fully saturated rings. The van der Waals surface area contributed by atoms with Gasteiger partial charge in [-0.25, -0.2) is 0 Å². The van der Waals surface area contributed by atoms with Gasteiger partial charge < -0.3 is 4.74 Å². The minimum atomic E-state index is -1.62. The van der Waals surface area contributed by atoms with E-state index in [2.05, 4.69) is 67.6 Å². The Morgan fingerprint density at radius 2 is 1.55 bits per heavy atom. The van der Waals surface area contributed by atoms with Crippen LogP contribution in [0.4, 0.5) is 0 Å². The Balaban J connectivity index is 2.06. The van der Waals surface area contributed by atoms with Gasteiger partial charge in [0.25, 0.3) is 0 Å². The fourth-order valence-corrected chi connectivity index (χ4v) is 4.59. The minimum absolute atomic E-state index is 0.870. The van der Waals surface area contributed by atoms with E-state index >= 15 is 0 Å². The minimum Gasteiger partial charge on any atom is -0.497 e. The average molecular weight is 395 g/mol. The first-order chi connectivity index (χ1) is 14.0. The third-order valence-electron chi connectivity index (χ3n) is 4.56. The monoisotopic (exact) mass is 394 g/mol. The molecule has 0 spiro atoms. The van der Waals surface area contributed by atoms with E-state index < -0.39 is 8.07 Å². The number of benzene rings is 3. The van der Waals surface area contributed by atoms with Crippen molar-refractivity contribution < 1.29 is 4.74 Å². The van der Waals surface area contributed by atoms with Crippen LogP contribution in [0.3, 0.4) is 0 Å². The summed E-state index contributed by atoms with van der Waals surface area (Å²) in [6.45, 7) is 7.01. The smallest absolute Gasteiger partial charge is 0.119 e. The first-order valence-electron chi connectivity index (χ1n) is 9.75. The molecule has 0 bridgehead atoms. The predicted octanol–water partition coefficient (Wildman–Crippen LogP) is 6.67. The molecule has 0 saturated heterocycles. The van der Waals surface area contributed by atoms with Gasteiger partial charge in [0, 0.05) is 11.1 Å². The molecule has 0 aliphatic carbocycles. The van der Waals surface area contributed by atoms with Gasteiger partial charge in [-0.3, -0.25) is 0 Å². The Morgan fingerprint density at radius 1 is 0.828 bits per heavy atom. The van der Waals surface area contributed by atoms with Crippen molar-refractivity contribution in [1.82, 2.24) is 0 Å². The van der Waals surface area contributed by atoms with Gasteiger partial charge >= 0.3 is 0 Å². The fourth-order valence-electron chi connectivity index (χ4n) is 3.06. The second-order valence-corrected chi connectivity index (χ2v) is 12.8. The van der Waals surface area contributed by atoms with E-state index in [-0.39, 0.29) is 0 Å². The normalized spacial score (nSPS) is 10.3. The maximum absolute atomic E-state index is 5.42. The molecule has 3 rings (SSSR count). The van der Waals surface area contributed by atoms with Crippen molar-refractivity contribution in [1.29, 1.82) is 0 Å². The first kappa shape index (κ1) is 20.5. The van der Waals surface area contributed by atoms with Gasteiger partial charge in [0.05, 0.1) is 15.2 Å². The summed E-state index contributed by atoms with van der Waals surface area (Å²) in [4.78, 5) is 0. The van der Waals surface area contributed by atoms with Gasteiger partial charge in [0.15, 0.2) is 0 Å². The van der Waals surface area contributed by atoms with E-state index in [4.69, 9.17) is 4.74 Å². The van der Waals surface area contributed by atoms with Crippen LogP contribution in [0.1, 0.15) is 22.3 Å². The molecular weight excluding hydrogens is 368 g/mol. The zero-order valence-electron chi connectivity index (χ0n) is 17.5. The number of hydrogen-bond donors (Lipinski definition) is 0. The topological polar surface area (TPSA) is 9.23 Å². The van der Waals surface area contributed by atoms with Gasteiger partial charge in [-0.2, -0.15) is 0 Å². The lowest BCUT2D eigenvalue weighted by Gasteiger charge is -2.19. The highest BCUT2D eigenvalue weighted by Gasteiger charge is 2.21. The highest BCUT2D eigenvalue weighted by molar-refractivity contribution is 6.93. The van der Waals surface area contributed by atoms with Crippen LogP contribution in [-0.4, -0.2) is 15.2 Å². The van der Waals surface area contributed by atoms with Crippen molar-refractivity contribution >= 4 is 19.3 Å². The summed E-state index contributed by atoms with van der Waals surface area (Å²) in [5, 5.41) is 1.27. The van der Waals surface area contributed by atoms with Crippen molar-refractivity contribution in [3.05, 3.63) is 107 Å². The summed E-state index contributed by atoms with van der Waals surface area (Å²) < 4.78 is 5.42. The molecule has 0 N–H and O–H groups in total. The lowest BCUT2D eigenvalue weighted by molar-refractivity contribution is 0.414. The molecule has 0 unspecified atom stereocenters. The van der Waals surface area contributed by atoms with Gasteiger partial charge in [-0.1, -0.05) is 80.0 Å². The Hall–Kier alpha value is -3.24. The quantitative estimate of drug-likeness (QED) is 0.273. The molecule has 0 atom stereocenters. The molecule has 0 aliphatic rings. The Bertz CT molecular complexity index is 1100. The molecular formula is C27H26OSi. The van der Waals surface area contributed by atoms with E-state index in [1.54, 1.807) is 7.11 Å². The SMILES string of the molecule is COc1cccc(C(=C=Cc2ccccc2C#Cc2ccccc2)[Si](C)(C)C)c1. The van der Waals surface area contributed by atoms with E-state index in [1.165, 1.54) is 10.8 Å². The maximum atomic E-state index is 5.42. The molecule has 29 heavy (non-hydrogen) atoms. The summed E-state index contributed by atoms with van der Waals surface area (Å²) in [5.74, 6) is 7.43. The molecule has 0 aromatic heterocycles. The van der Waals surface area contributed by atoms with Gasteiger partial charge in [0.2, 0.25) is 0 Å². The highest BCUT2D eigenvalue weighted by atomic mass is 28.3.